The van der Waals surface area contributed by atoms with Crippen molar-refractivity contribution >= 4 is 33.2 Å². The van der Waals surface area contributed by atoms with Gasteiger partial charge in [-0.1, -0.05) is 12.1 Å². The maximum Gasteiger partial charge on any atom is 0.257 e. The zero-order valence-electron chi connectivity index (χ0n) is 11.2. The average Bonchev–Trinajstić information content (AvgIpc) is 2.42. The first kappa shape index (κ1) is 14.4. The Morgan fingerprint density at radius 1 is 1.30 bits per heavy atom. The van der Waals surface area contributed by atoms with Gasteiger partial charge < -0.3 is 15.8 Å². The third-order valence-electron chi connectivity index (χ3n) is 2.90. The normalized spacial score (nSPS) is 10.2. The minimum absolute atomic E-state index is 0.271. The van der Waals surface area contributed by atoms with Crippen LogP contribution in [0, 0.1) is 6.92 Å². The molecule has 0 saturated carbocycles. The van der Waals surface area contributed by atoms with Gasteiger partial charge >= 0.3 is 0 Å². The molecular weight excluding hydrogens is 320 g/mol. The first-order chi connectivity index (χ1) is 9.52. The zero-order valence-corrected chi connectivity index (χ0v) is 12.8. The summed E-state index contributed by atoms with van der Waals surface area (Å²) in [5.74, 6) is 0.338. The predicted octanol–water partition coefficient (Wildman–Crippen LogP) is 3.60. The van der Waals surface area contributed by atoms with Crippen LogP contribution >= 0.6 is 15.9 Å². The number of hydrogen-bond acceptors (Lipinski definition) is 3. The maximum atomic E-state index is 12.3. The number of nitrogens with two attached hydrogens (primary N) is 1. The molecule has 20 heavy (non-hydrogen) atoms. The Balaban J connectivity index is 2.32. The van der Waals surface area contributed by atoms with Crippen molar-refractivity contribution in [2.24, 2.45) is 0 Å². The van der Waals surface area contributed by atoms with Gasteiger partial charge in [-0.2, -0.15) is 0 Å². The summed E-state index contributed by atoms with van der Waals surface area (Å²) in [5, 5.41) is 2.82. The number of methoxy groups -OCH3 is 1. The van der Waals surface area contributed by atoms with Gasteiger partial charge in [0.05, 0.1) is 24.0 Å². The zero-order chi connectivity index (χ0) is 14.7. The first-order valence-electron chi connectivity index (χ1n) is 6.03. The highest BCUT2D eigenvalue weighted by atomic mass is 79.9. The van der Waals surface area contributed by atoms with Crippen molar-refractivity contribution in [3.8, 4) is 5.75 Å². The topological polar surface area (TPSA) is 64.3 Å². The molecular formula is C15H15BrN2O2. The lowest BCUT2D eigenvalue weighted by Crippen LogP contribution is -2.15. The lowest BCUT2D eigenvalue weighted by atomic mass is 10.1. The quantitative estimate of drug-likeness (QED) is 0.843. The number of benzene rings is 2. The number of carbonyl (C=O) groups excluding carboxylic acids is 1. The number of anilines is 2. The number of carbonyl (C=O) groups is 1. The Hall–Kier alpha value is -2.01. The minimum Gasteiger partial charge on any atom is -0.495 e. The maximum absolute atomic E-state index is 12.3. The van der Waals surface area contributed by atoms with Gasteiger partial charge in [-0.3, -0.25) is 4.79 Å². The number of ether oxygens (including phenoxy) is 1. The van der Waals surface area contributed by atoms with Crippen LogP contribution in [0.25, 0.3) is 0 Å². The fourth-order valence-electron chi connectivity index (χ4n) is 1.84. The fourth-order valence-corrected chi connectivity index (χ4v) is 2.21. The van der Waals surface area contributed by atoms with E-state index in [2.05, 4.69) is 21.2 Å². The Kier molecular flexibility index (Phi) is 4.29. The van der Waals surface area contributed by atoms with Gasteiger partial charge in [0.1, 0.15) is 5.75 Å². The molecule has 5 heteroatoms. The third-order valence-corrected chi connectivity index (χ3v) is 3.59. The van der Waals surface area contributed by atoms with E-state index in [4.69, 9.17) is 10.5 Å². The molecule has 0 aromatic heterocycles. The van der Waals surface area contributed by atoms with Crippen LogP contribution in [0.4, 0.5) is 11.4 Å². The van der Waals surface area contributed by atoms with Crippen LogP contribution < -0.4 is 15.8 Å². The highest BCUT2D eigenvalue weighted by Gasteiger charge is 2.13. The fraction of sp³-hybridized carbons (Fsp3) is 0.133. The Bertz CT molecular complexity index is 656. The summed E-state index contributed by atoms with van der Waals surface area (Å²) in [4.78, 5) is 12.3. The third kappa shape index (κ3) is 2.93. The highest BCUT2D eigenvalue weighted by Crippen LogP contribution is 2.28. The summed E-state index contributed by atoms with van der Waals surface area (Å²) in [5.41, 5.74) is 8.38. The molecule has 0 spiro atoms. The predicted molar refractivity (Wildman–Crippen MR) is 84.2 cm³/mol. The standard InChI is InChI=1S/C15H15BrN2O2/c1-9-6-7-13(20-2)12(8-9)18-15(19)10-4-3-5-11(16)14(10)17/h3-8H,17H2,1-2H3,(H,18,19). The van der Waals surface area contributed by atoms with E-state index in [9.17, 15) is 4.79 Å². The van der Waals surface area contributed by atoms with E-state index in [0.717, 1.165) is 5.56 Å². The van der Waals surface area contributed by atoms with Crippen LogP contribution in [0.3, 0.4) is 0 Å². The molecule has 3 N–H and O–H groups in total. The van der Waals surface area contributed by atoms with Gasteiger partial charge in [0, 0.05) is 4.47 Å². The van der Waals surface area contributed by atoms with Crippen molar-refractivity contribution in [2.45, 2.75) is 6.92 Å². The van der Waals surface area contributed by atoms with Crippen LogP contribution in [0.2, 0.25) is 0 Å². The van der Waals surface area contributed by atoms with Gasteiger partial charge in [0.25, 0.3) is 5.91 Å². The Morgan fingerprint density at radius 2 is 2.05 bits per heavy atom. The van der Waals surface area contributed by atoms with E-state index in [1.807, 2.05) is 25.1 Å². The molecule has 0 radical (unpaired) electrons. The summed E-state index contributed by atoms with van der Waals surface area (Å²) in [7, 11) is 1.56. The number of nitrogens with one attached hydrogen (secondary N) is 1. The average molecular weight is 335 g/mol. The van der Waals surface area contributed by atoms with Crippen molar-refractivity contribution in [3.05, 3.63) is 52.0 Å². The van der Waals surface area contributed by atoms with E-state index in [1.54, 1.807) is 25.3 Å². The number of nitrogen functional groups attached to an aromatic ring is 1. The molecule has 0 aliphatic heterocycles. The molecule has 0 aliphatic carbocycles. The Morgan fingerprint density at radius 3 is 2.75 bits per heavy atom. The van der Waals surface area contributed by atoms with Crippen LogP contribution in [0.5, 0.6) is 5.75 Å². The number of rotatable bonds is 3. The van der Waals surface area contributed by atoms with E-state index < -0.39 is 0 Å². The second kappa shape index (κ2) is 5.96. The van der Waals surface area contributed by atoms with E-state index in [1.165, 1.54) is 0 Å². The smallest absolute Gasteiger partial charge is 0.257 e. The molecule has 0 saturated heterocycles. The summed E-state index contributed by atoms with van der Waals surface area (Å²) in [6, 6.07) is 10.8. The van der Waals surface area contributed by atoms with Crippen molar-refractivity contribution in [3.63, 3.8) is 0 Å². The molecule has 2 aromatic rings. The van der Waals surface area contributed by atoms with E-state index in [-0.39, 0.29) is 5.91 Å². The molecule has 2 rings (SSSR count). The van der Waals surface area contributed by atoms with Crippen LogP contribution in [0.15, 0.2) is 40.9 Å². The number of aryl methyl sites for hydroxylation is 1. The summed E-state index contributed by atoms with van der Waals surface area (Å²) < 4.78 is 5.93. The molecule has 0 fully saturated rings. The molecule has 1 amide bonds. The number of amides is 1. The van der Waals surface area contributed by atoms with Gasteiger partial charge in [0.2, 0.25) is 0 Å². The van der Waals surface area contributed by atoms with Crippen LogP contribution in [-0.4, -0.2) is 13.0 Å². The Labute approximate surface area is 126 Å². The second-order valence-electron chi connectivity index (χ2n) is 4.36. The summed E-state index contributed by atoms with van der Waals surface area (Å²) in [6.07, 6.45) is 0. The molecule has 4 nitrogen and oxygen atoms in total. The van der Waals surface area contributed by atoms with Gasteiger partial charge in [-0.15, -0.1) is 0 Å². The molecule has 0 atom stereocenters. The lowest BCUT2D eigenvalue weighted by molar-refractivity contribution is 0.102. The first-order valence-corrected chi connectivity index (χ1v) is 6.82. The van der Waals surface area contributed by atoms with Gasteiger partial charge in [0.15, 0.2) is 0 Å². The van der Waals surface area contributed by atoms with Crippen LogP contribution in [0.1, 0.15) is 15.9 Å². The lowest BCUT2D eigenvalue weighted by Gasteiger charge is -2.12. The largest absolute Gasteiger partial charge is 0.495 e. The second-order valence-corrected chi connectivity index (χ2v) is 5.21. The molecule has 0 unspecified atom stereocenters. The molecule has 2 aromatic carbocycles. The number of hydrogen-bond donors (Lipinski definition) is 2. The van der Waals surface area contributed by atoms with Crippen molar-refractivity contribution in [1.29, 1.82) is 0 Å². The van der Waals surface area contributed by atoms with Crippen molar-refractivity contribution in [2.75, 3.05) is 18.2 Å². The summed E-state index contributed by atoms with van der Waals surface area (Å²) in [6.45, 7) is 1.95. The van der Waals surface area contributed by atoms with Gasteiger partial charge in [-0.05, 0) is 52.7 Å². The van der Waals surface area contributed by atoms with E-state index >= 15 is 0 Å². The monoisotopic (exact) mass is 334 g/mol. The molecule has 0 heterocycles. The number of halogens is 1. The van der Waals surface area contributed by atoms with Gasteiger partial charge in [-0.25, -0.2) is 0 Å². The number of para-hydroxylation sites is 1. The molecule has 0 bridgehead atoms. The van der Waals surface area contributed by atoms with Crippen molar-refractivity contribution in [1.82, 2.24) is 0 Å². The van der Waals surface area contributed by atoms with E-state index in [0.29, 0.717) is 27.2 Å². The minimum atomic E-state index is -0.271. The summed E-state index contributed by atoms with van der Waals surface area (Å²) >= 11 is 3.31. The molecule has 104 valence electrons. The SMILES string of the molecule is COc1ccc(C)cc1NC(=O)c1cccc(Br)c1N. The van der Waals surface area contributed by atoms with Crippen LogP contribution in [-0.2, 0) is 0 Å². The highest BCUT2D eigenvalue weighted by molar-refractivity contribution is 9.10. The molecule has 0 aliphatic rings. The van der Waals surface area contributed by atoms with Crippen molar-refractivity contribution < 1.29 is 9.53 Å².